The van der Waals surface area contributed by atoms with Crippen molar-refractivity contribution in [3.63, 3.8) is 0 Å². The van der Waals surface area contributed by atoms with Crippen molar-refractivity contribution in [3.8, 4) is 11.5 Å². The fourth-order valence-corrected chi connectivity index (χ4v) is 5.16. The fraction of sp³-hybridized carbons (Fsp3) is 0.278. The van der Waals surface area contributed by atoms with Crippen molar-refractivity contribution in [3.05, 3.63) is 117 Å². The predicted molar refractivity (Wildman–Crippen MR) is 180 cm³/mol. The van der Waals surface area contributed by atoms with Gasteiger partial charge in [-0.05, 0) is 59.5 Å². The summed E-state index contributed by atoms with van der Waals surface area (Å²) in [6, 6.07) is 22.0. The van der Waals surface area contributed by atoms with E-state index >= 15 is 4.39 Å². The summed E-state index contributed by atoms with van der Waals surface area (Å²) in [6.45, 7) is 3.52. The number of aromatic nitrogens is 3. The normalized spacial score (nSPS) is 10.9. The second kappa shape index (κ2) is 15.2. The van der Waals surface area contributed by atoms with Crippen LogP contribution in [0, 0.1) is 5.82 Å². The number of pyridine rings is 1. The minimum absolute atomic E-state index is 0.0641. The number of carbonyl (C=O) groups is 1. The summed E-state index contributed by atoms with van der Waals surface area (Å²) in [5, 5.41) is 3.36. The van der Waals surface area contributed by atoms with Crippen molar-refractivity contribution in [1.82, 2.24) is 14.5 Å². The molecule has 0 aliphatic heterocycles. The van der Waals surface area contributed by atoms with Crippen LogP contribution in [0.4, 0.5) is 16.2 Å². The summed E-state index contributed by atoms with van der Waals surface area (Å²) in [6.07, 6.45) is 2.92. The molecule has 2 aromatic heterocycles. The number of benzene rings is 3. The Morgan fingerprint density at radius 3 is 1.96 bits per heavy atom. The molecule has 5 aromatic rings. The molecule has 0 aliphatic carbocycles. The Balaban J connectivity index is 1.58. The second-order valence-electron chi connectivity index (χ2n) is 11.0. The number of carbonyl (C=O) groups excluding carboxylic acids is 1. The SMILES string of the molecule is CCCCNc1nc(N(Cc2ccc(OC)cc2)Cc2ccc(OC)cc2)nc2c(F)cn(Cc3ccc(C(=O)OC)cc3)c(=O)c12. The number of nitrogens with zero attached hydrogens (tertiary/aromatic N) is 4. The van der Waals surface area contributed by atoms with E-state index in [4.69, 9.17) is 19.2 Å². The second-order valence-corrected chi connectivity index (χ2v) is 11.0. The van der Waals surface area contributed by atoms with E-state index in [1.165, 1.54) is 17.9 Å². The van der Waals surface area contributed by atoms with Crippen molar-refractivity contribution in [1.29, 1.82) is 0 Å². The van der Waals surface area contributed by atoms with Gasteiger partial charge in [0.25, 0.3) is 5.56 Å². The first kappa shape index (κ1) is 32.9. The number of esters is 1. The molecule has 0 saturated heterocycles. The quantitative estimate of drug-likeness (QED) is 0.112. The molecule has 1 N–H and O–H groups in total. The Hall–Kier alpha value is -5.45. The molecule has 0 fully saturated rings. The number of methoxy groups -OCH3 is 3. The van der Waals surface area contributed by atoms with E-state index in [0.717, 1.165) is 35.5 Å². The minimum Gasteiger partial charge on any atom is -0.497 e. The summed E-state index contributed by atoms with van der Waals surface area (Å²) < 4.78 is 32.7. The number of fused-ring (bicyclic) bond motifs is 1. The van der Waals surface area contributed by atoms with E-state index in [1.807, 2.05) is 53.4 Å². The molecule has 244 valence electrons. The number of nitrogens with one attached hydrogen (secondary N) is 1. The fourth-order valence-electron chi connectivity index (χ4n) is 5.16. The molecule has 3 aromatic carbocycles. The van der Waals surface area contributed by atoms with Crippen LogP contribution in [0.3, 0.4) is 0 Å². The van der Waals surface area contributed by atoms with Gasteiger partial charge in [-0.25, -0.2) is 14.2 Å². The molecule has 0 bridgehead atoms. The Labute approximate surface area is 272 Å². The van der Waals surface area contributed by atoms with E-state index in [-0.39, 0.29) is 29.2 Å². The van der Waals surface area contributed by atoms with E-state index in [0.29, 0.717) is 30.8 Å². The Bertz CT molecular complexity index is 1830. The van der Waals surface area contributed by atoms with Crippen LogP contribution in [0.15, 0.2) is 83.8 Å². The van der Waals surface area contributed by atoms with Gasteiger partial charge in [-0.15, -0.1) is 0 Å². The molecule has 0 amide bonds. The Kier molecular flexibility index (Phi) is 10.7. The molecule has 47 heavy (non-hydrogen) atoms. The largest absolute Gasteiger partial charge is 0.497 e. The molecule has 11 heteroatoms. The van der Waals surface area contributed by atoms with Crippen LogP contribution in [0.1, 0.15) is 46.8 Å². The van der Waals surface area contributed by atoms with Gasteiger partial charge < -0.3 is 29.0 Å². The number of hydrogen-bond acceptors (Lipinski definition) is 9. The van der Waals surface area contributed by atoms with Crippen molar-refractivity contribution in [2.24, 2.45) is 0 Å². The van der Waals surface area contributed by atoms with Gasteiger partial charge in [-0.3, -0.25) is 4.79 Å². The first-order valence-corrected chi connectivity index (χ1v) is 15.4. The number of unbranched alkanes of at least 4 members (excludes halogenated alkanes) is 1. The van der Waals surface area contributed by atoms with Gasteiger partial charge in [0, 0.05) is 25.8 Å². The maximum atomic E-state index is 16.0. The van der Waals surface area contributed by atoms with Gasteiger partial charge in [0.15, 0.2) is 5.82 Å². The Morgan fingerprint density at radius 1 is 0.851 bits per heavy atom. The molecule has 0 aliphatic rings. The molecular formula is C36H38FN5O5. The lowest BCUT2D eigenvalue weighted by Gasteiger charge is -2.24. The van der Waals surface area contributed by atoms with Crippen LogP contribution in [0.5, 0.6) is 11.5 Å². The number of rotatable bonds is 14. The first-order valence-electron chi connectivity index (χ1n) is 15.4. The van der Waals surface area contributed by atoms with E-state index in [2.05, 4.69) is 17.2 Å². The van der Waals surface area contributed by atoms with E-state index < -0.39 is 17.3 Å². The smallest absolute Gasteiger partial charge is 0.337 e. The monoisotopic (exact) mass is 639 g/mol. The number of ether oxygens (including phenoxy) is 3. The minimum atomic E-state index is -0.651. The third kappa shape index (κ3) is 7.86. The zero-order valence-corrected chi connectivity index (χ0v) is 27.0. The van der Waals surface area contributed by atoms with Gasteiger partial charge >= 0.3 is 5.97 Å². The van der Waals surface area contributed by atoms with E-state index in [9.17, 15) is 9.59 Å². The standard InChI is InChI=1S/C36H38FN5O5/c1-5-6-19-38-33-31-32(30(37)23-41(34(31)43)20-24-7-13-27(14-8-24)35(44)47-4)39-36(40-33)42(21-25-9-15-28(45-2)16-10-25)22-26-11-17-29(46-3)18-12-26/h7-18,23H,5-6,19-22H2,1-4H3,(H,38,39,40). The predicted octanol–water partition coefficient (Wildman–Crippen LogP) is 6.20. The van der Waals surface area contributed by atoms with Crippen molar-refractivity contribution >= 4 is 28.6 Å². The van der Waals surface area contributed by atoms with Crippen LogP contribution in [0.25, 0.3) is 10.9 Å². The van der Waals surface area contributed by atoms with Crippen LogP contribution in [0.2, 0.25) is 0 Å². The van der Waals surface area contributed by atoms with Gasteiger partial charge in [0.2, 0.25) is 5.95 Å². The maximum absolute atomic E-state index is 16.0. The highest BCUT2D eigenvalue weighted by atomic mass is 19.1. The summed E-state index contributed by atoms with van der Waals surface area (Å²) in [5.74, 6) is 0.899. The molecular weight excluding hydrogens is 601 g/mol. The number of halogens is 1. The lowest BCUT2D eigenvalue weighted by Crippen LogP contribution is -2.27. The highest BCUT2D eigenvalue weighted by molar-refractivity contribution is 5.90. The molecule has 5 rings (SSSR count). The molecule has 2 heterocycles. The highest BCUT2D eigenvalue weighted by Crippen LogP contribution is 2.27. The zero-order valence-electron chi connectivity index (χ0n) is 27.0. The lowest BCUT2D eigenvalue weighted by molar-refractivity contribution is 0.0600. The summed E-state index contributed by atoms with van der Waals surface area (Å²) in [4.78, 5) is 37.2. The maximum Gasteiger partial charge on any atom is 0.337 e. The first-order chi connectivity index (χ1) is 22.8. The van der Waals surface area contributed by atoms with Crippen molar-refractivity contribution in [2.45, 2.75) is 39.4 Å². The average Bonchev–Trinajstić information content (AvgIpc) is 3.10. The molecule has 0 atom stereocenters. The molecule has 0 radical (unpaired) electrons. The third-order valence-corrected chi connectivity index (χ3v) is 7.77. The average molecular weight is 640 g/mol. The number of hydrogen-bond donors (Lipinski definition) is 1. The Morgan fingerprint density at radius 2 is 1.43 bits per heavy atom. The van der Waals surface area contributed by atoms with Crippen LogP contribution in [-0.2, 0) is 24.4 Å². The number of anilines is 2. The molecule has 0 spiro atoms. The highest BCUT2D eigenvalue weighted by Gasteiger charge is 2.21. The van der Waals surface area contributed by atoms with Crippen LogP contribution < -0.4 is 25.2 Å². The lowest BCUT2D eigenvalue weighted by atomic mass is 10.1. The van der Waals surface area contributed by atoms with Gasteiger partial charge in [-0.2, -0.15) is 4.98 Å². The third-order valence-electron chi connectivity index (χ3n) is 7.77. The van der Waals surface area contributed by atoms with Gasteiger partial charge in [-0.1, -0.05) is 49.7 Å². The van der Waals surface area contributed by atoms with Crippen molar-refractivity contribution in [2.75, 3.05) is 38.1 Å². The topological polar surface area (TPSA) is 108 Å². The zero-order chi connectivity index (χ0) is 33.3. The van der Waals surface area contributed by atoms with Gasteiger partial charge in [0.1, 0.15) is 28.2 Å². The van der Waals surface area contributed by atoms with Crippen LogP contribution >= 0.6 is 0 Å². The molecule has 10 nitrogen and oxygen atoms in total. The van der Waals surface area contributed by atoms with Gasteiger partial charge in [0.05, 0.1) is 33.4 Å². The summed E-state index contributed by atoms with van der Waals surface area (Å²) in [7, 11) is 4.54. The van der Waals surface area contributed by atoms with Crippen molar-refractivity contribution < 1.29 is 23.4 Å². The summed E-state index contributed by atoms with van der Waals surface area (Å²) >= 11 is 0. The van der Waals surface area contributed by atoms with Crippen LogP contribution in [-0.4, -0.2) is 48.4 Å². The molecule has 0 unspecified atom stereocenters. The molecule has 0 saturated carbocycles. The summed E-state index contributed by atoms with van der Waals surface area (Å²) in [5.41, 5.74) is 2.54. The van der Waals surface area contributed by atoms with E-state index in [1.54, 1.807) is 38.5 Å².